The molecule has 0 aromatic heterocycles. The number of hydrazone groups is 1. The Morgan fingerprint density at radius 1 is 1.06 bits per heavy atom. The smallest absolute Gasteiger partial charge is 0.376 e. The van der Waals surface area contributed by atoms with Crippen LogP contribution >= 0.6 is 11.6 Å². The molecule has 3 aliphatic rings. The molecule has 36 heavy (non-hydrogen) atoms. The van der Waals surface area contributed by atoms with Gasteiger partial charge in [0.1, 0.15) is 0 Å². The van der Waals surface area contributed by atoms with E-state index in [1.54, 1.807) is 11.9 Å². The van der Waals surface area contributed by atoms with Gasteiger partial charge in [-0.2, -0.15) is 5.01 Å². The lowest BCUT2D eigenvalue weighted by molar-refractivity contribution is -0.135. The molecule has 0 saturated heterocycles. The summed E-state index contributed by atoms with van der Waals surface area (Å²) in [5, 5.41) is 7.03. The van der Waals surface area contributed by atoms with E-state index in [1.165, 1.54) is 16.7 Å². The van der Waals surface area contributed by atoms with Crippen LogP contribution in [0.15, 0.2) is 88.5 Å². The third kappa shape index (κ3) is 3.69. The van der Waals surface area contributed by atoms with Crippen LogP contribution < -0.4 is 5.01 Å². The van der Waals surface area contributed by atoms with Gasteiger partial charge < -0.3 is 4.74 Å². The van der Waals surface area contributed by atoms with Crippen LogP contribution in [0.1, 0.15) is 41.6 Å². The van der Waals surface area contributed by atoms with E-state index < -0.39 is 5.97 Å². The number of hydrogen-bond acceptors (Lipinski definition) is 6. The Balaban J connectivity index is 1.59. The van der Waals surface area contributed by atoms with Gasteiger partial charge >= 0.3 is 5.97 Å². The average Bonchev–Trinajstić information content (AvgIpc) is 3.27. The highest BCUT2D eigenvalue weighted by Gasteiger charge is 2.46. The molecule has 1 atom stereocenters. The Kier molecular flexibility index (Phi) is 5.61. The first-order valence-electron chi connectivity index (χ1n) is 12.1. The highest BCUT2D eigenvalue weighted by Crippen LogP contribution is 2.47. The maximum atomic E-state index is 13.2. The molecule has 0 N–H and O–H groups in total. The van der Waals surface area contributed by atoms with Crippen molar-refractivity contribution in [1.29, 1.82) is 0 Å². The number of amidine groups is 1. The first-order chi connectivity index (χ1) is 17.5. The molecule has 2 aliphatic heterocycles. The van der Waals surface area contributed by atoms with Crippen LogP contribution in [0.2, 0.25) is 5.02 Å². The molecule has 0 saturated carbocycles. The highest BCUT2D eigenvalue weighted by atomic mass is 35.5. The van der Waals surface area contributed by atoms with Gasteiger partial charge in [-0.3, -0.25) is 4.90 Å². The summed E-state index contributed by atoms with van der Waals surface area (Å²) < 4.78 is 5.44. The second kappa shape index (κ2) is 8.95. The number of anilines is 1. The Labute approximate surface area is 215 Å². The minimum atomic E-state index is -0.480. The zero-order valence-electron chi connectivity index (χ0n) is 20.1. The molecule has 0 radical (unpaired) electrons. The molecule has 0 bridgehead atoms. The number of rotatable bonds is 4. The minimum Gasteiger partial charge on any atom is -0.460 e. The van der Waals surface area contributed by atoms with Crippen molar-refractivity contribution in [2.75, 3.05) is 11.6 Å². The molecule has 0 spiro atoms. The van der Waals surface area contributed by atoms with Crippen molar-refractivity contribution in [2.45, 2.75) is 32.7 Å². The third-order valence-corrected chi connectivity index (χ3v) is 7.01. The van der Waals surface area contributed by atoms with E-state index in [1.807, 2.05) is 35.2 Å². The molecule has 7 heteroatoms. The zero-order chi connectivity index (χ0) is 24.8. The van der Waals surface area contributed by atoms with Gasteiger partial charge in [-0.25, -0.2) is 9.79 Å². The van der Waals surface area contributed by atoms with Gasteiger partial charge in [0.05, 0.1) is 24.0 Å². The molecule has 180 valence electrons. The molecular weight excluding hydrogens is 472 g/mol. The Morgan fingerprint density at radius 2 is 1.86 bits per heavy atom. The Bertz CT molecular complexity index is 1460. The highest BCUT2D eigenvalue weighted by molar-refractivity contribution is 6.42. The third-order valence-electron chi connectivity index (χ3n) is 6.77. The van der Waals surface area contributed by atoms with Gasteiger partial charge in [0.25, 0.3) is 0 Å². The second-order valence-electron chi connectivity index (χ2n) is 9.06. The number of benzene rings is 3. The lowest BCUT2D eigenvalue weighted by atomic mass is 9.82. The van der Waals surface area contributed by atoms with Crippen LogP contribution in [0.5, 0.6) is 0 Å². The van der Waals surface area contributed by atoms with E-state index >= 15 is 0 Å². The van der Waals surface area contributed by atoms with Crippen molar-refractivity contribution >= 4 is 40.7 Å². The van der Waals surface area contributed by atoms with E-state index in [9.17, 15) is 4.79 Å². The number of aliphatic imine (C=N–C) groups is 1. The number of nitrogens with zero attached hydrogens (tertiary/aromatic N) is 4. The summed E-state index contributed by atoms with van der Waals surface area (Å²) in [6, 6.07) is 24.0. The predicted octanol–water partition coefficient (Wildman–Crippen LogP) is 6.12. The van der Waals surface area contributed by atoms with E-state index in [-0.39, 0.29) is 18.5 Å². The van der Waals surface area contributed by atoms with Crippen LogP contribution in [-0.4, -0.2) is 29.3 Å². The van der Waals surface area contributed by atoms with Gasteiger partial charge in [0, 0.05) is 10.6 Å². The van der Waals surface area contributed by atoms with Gasteiger partial charge in [-0.15, -0.1) is 5.10 Å². The monoisotopic (exact) mass is 496 g/mol. The zero-order valence-corrected chi connectivity index (χ0v) is 20.9. The number of carbonyl (C=O) groups excluding carboxylic acids is 1. The molecular formula is C29H25ClN4O2. The number of aryl methyl sites for hydroxylation is 2. The van der Waals surface area contributed by atoms with Crippen LogP contribution in [0.25, 0.3) is 5.70 Å². The first kappa shape index (κ1) is 22.6. The van der Waals surface area contributed by atoms with Gasteiger partial charge in [-0.1, -0.05) is 71.8 Å². The first-order valence-corrected chi connectivity index (χ1v) is 12.5. The summed E-state index contributed by atoms with van der Waals surface area (Å²) in [5.74, 6) is 0.292. The lowest BCUT2D eigenvalue weighted by Crippen LogP contribution is -2.46. The van der Waals surface area contributed by atoms with Crippen LogP contribution in [0.4, 0.5) is 5.69 Å². The average molecular weight is 497 g/mol. The molecule has 6 nitrogen and oxygen atoms in total. The molecule has 0 amide bonds. The molecule has 3 aromatic rings. The maximum absolute atomic E-state index is 13.2. The summed E-state index contributed by atoms with van der Waals surface area (Å²) >= 11 is 6.33. The normalized spacial score (nSPS) is 18.2. The van der Waals surface area contributed by atoms with Gasteiger partial charge in [0.15, 0.2) is 0 Å². The second-order valence-corrected chi connectivity index (χ2v) is 9.50. The molecule has 6 rings (SSSR count). The standard InChI is InChI=1S/C29H25ClN4O2/c1-3-36-28(35)27-32-34(22-9-6-8-21(30)17-22)29-31-25-23-10-5-4-7-19(23)15-16-24(25)26(33(27)29)20-13-11-18(2)12-14-20/h4-14,17,26H,3,15-16H2,1-2H3. The van der Waals surface area contributed by atoms with E-state index in [4.69, 9.17) is 26.4 Å². The fourth-order valence-electron chi connectivity index (χ4n) is 5.12. The number of fused-ring (bicyclic) bond motifs is 3. The van der Waals surface area contributed by atoms with E-state index in [0.29, 0.717) is 11.0 Å². The Morgan fingerprint density at radius 3 is 2.64 bits per heavy atom. The lowest BCUT2D eigenvalue weighted by Gasteiger charge is -2.39. The van der Waals surface area contributed by atoms with Crippen LogP contribution in [0.3, 0.4) is 0 Å². The van der Waals surface area contributed by atoms with Crippen molar-refractivity contribution < 1.29 is 9.53 Å². The molecule has 3 aromatic carbocycles. The molecule has 1 unspecified atom stereocenters. The summed E-state index contributed by atoms with van der Waals surface area (Å²) in [5.41, 5.74) is 7.49. The van der Waals surface area contributed by atoms with Crippen molar-refractivity contribution in [2.24, 2.45) is 10.1 Å². The number of halogens is 1. The number of ether oxygens (including phenoxy) is 1. The summed E-state index contributed by atoms with van der Waals surface area (Å²) in [7, 11) is 0. The van der Waals surface area contributed by atoms with Crippen molar-refractivity contribution in [3.05, 3.63) is 106 Å². The fraction of sp³-hybridized carbons (Fsp3) is 0.207. The number of esters is 1. The SMILES string of the molecule is CCOC(=O)C1=NN(c2cccc(Cl)c2)C2=NC3=C(CCc4ccccc43)C(c3ccc(C)cc3)N12. The van der Waals surface area contributed by atoms with Gasteiger partial charge in [-0.05, 0) is 61.6 Å². The van der Waals surface area contributed by atoms with Crippen molar-refractivity contribution in [1.82, 2.24) is 4.90 Å². The minimum absolute atomic E-state index is 0.214. The number of guanidine groups is 1. The molecule has 0 fully saturated rings. The summed E-state index contributed by atoms with van der Waals surface area (Å²) in [6.07, 6.45) is 1.76. The Hall–Kier alpha value is -3.90. The number of hydrogen-bond donors (Lipinski definition) is 0. The fourth-order valence-corrected chi connectivity index (χ4v) is 5.31. The molecule has 1 aliphatic carbocycles. The van der Waals surface area contributed by atoms with Crippen LogP contribution in [-0.2, 0) is 16.0 Å². The van der Waals surface area contributed by atoms with Crippen LogP contribution in [0, 0.1) is 6.92 Å². The van der Waals surface area contributed by atoms with Crippen molar-refractivity contribution in [3.63, 3.8) is 0 Å². The van der Waals surface area contributed by atoms with E-state index in [0.717, 1.165) is 35.4 Å². The quantitative estimate of drug-likeness (QED) is 0.408. The number of carbonyl (C=O) groups is 1. The molecule has 2 heterocycles. The van der Waals surface area contributed by atoms with Gasteiger partial charge in [0.2, 0.25) is 11.8 Å². The van der Waals surface area contributed by atoms with E-state index in [2.05, 4.69) is 49.4 Å². The van der Waals surface area contributed by atoms with Crippen molar-refractivity contribution in [3.8, 4) is 0 Å². The largest absolute Gasteiger partial charge is 0.460 e. The predicted molar refractivity (Wildman–Crippen MR) is 143 cm³/mol. The maximum Gasteiger partial charge on any atom is 0.376 e. The summed E-state index contributed by atoms with van der Waals surface area (Å²) in [4.78, 5) is 20.3. The topological polar surface area (TPSA) is 57.5 Å². The summed E-state index contributed by atoms with van der Waals surface area (Å²) in [6.45, 7) is 4.12.